The number of hydrogen-bond donors (Lipinski definition) is 3. The van der Waals surface area contributed by atoms with E-state index >= 15 is 0 Å². The third-order valence-corrected chi connectivity index (χ3v) is 2.64. The van der Waals surface area contributed by atoms with Crippen molar-refractivity contribution in [1.82, 2.24) is 4.98 Å². The van der Waals surface area contributed by atoms with Crippen LogP contribution in [0.25, 0.3) is 10.2 Å². The van der Waals surface area contributed by atoms with Gasteiger partial charge in [0.15, 0.2) is 11.5 Å². The number of aryl methyl sites for hydroxylation is 1. The highest BCUT2D eigenvalue weighted by atomic mass is 32.1. The number of rotatable bonds is 0. The molecular formula is C8H7NO3S. The summed E-state index contributed by atoms with van der Waals surface area (Å²) in [5.41, 5.74) is 0.331. The summed E-state index contributed by atoms with van der Waals surface area (Å²) in [6.45, 7) is 1.79. The molecule has 0 aliphatic carbocycles. The molecular weight excluding hydrogens is 190 g/mol. The Morgan fingerprint density at radius 1 is 1.23 bits per heavy atom. The lowest BCUT2D eigenvalue weighted by molar-refractivity contribution is 0.371. The van der Waals surface area contributed by atoms with E-state index in [0.717, 1.165) is 5.01 Å². The molecule has 0 saturated carbocycles. The van der Waals surface area contributed by atoms with Gasteiger partial charge in [-0.2, -0.15) is 0 Å². The van der Waals surface area contributed by atoms with E-state index in [9.17, 15) is 15.3 Å². The van der Waals surface area contributed by atoms with Crippen LogP contribution < -0.4 is 0 Å². The summed E-state index contributed by atoms with van der Waals surface area (Å²) in [5, 5.41) is 28.5. The third-order valence-electron chi connectivity index (χ3n) is 1.72. The van der Waals surface area contributed by atoms with Crippen molar-refractivity contribution in [2.24, 2.45) is 0 Å². The van der Waals surface area contributed by atoms with Gasteiger partial charge in [-0.3, -0.25) is 0 Å². The minimum Gasteiger partial charge on any atom is -0.504 e. The van der Waals surface area contributed by atoms with Gasteiger partial charge in [0.1, 0.15) is 5.52 Å². The Morgan fingerprint density at radius 3 is 2.62 bits per heavy atom. The average molecular weight is 197 g/mol. The lowest BCUT2D eigenvalue weighted by Gasteiger charge is -1.99. The zero-order valence-corrected chi connectivity index (χ0v) is 7.59. The molecule has 0 bridgehead atoms. The summed E-state index contributed by atoms with van der Waals surface area (Å²) < 4.78 is 0.658. The number of benzene rings is 1. The van der Waals surface area contributed by atoms with Gasteiger partial charge in [0.2, 0.25) is 5.75 Å². The van der Waals surface area contributed by atoms with Gasteiger partial charge in [-0.05, 0) is 6.92 Å². The quantitative estimate of drug-likeness (QED) is 0.562. The van der Waals surface area contributed by atoms with Crippen molar-refractivity contribution in [1.29, 1.82) is 0 Å². The van der Waals surface area contributed by atoms with Gasteiger partial charge in [0, 0.05) is 6.07 Å². The average Bonchev–Trinajstić information content (AvgIpc) is 2.42. The van der Waals surface area contributed by atoms with Crippen LogP contribution in [0.3, 0.4) is 0 Å². The Morgan fingerprint density at radius 2 is 1.92 bits per heavy atom. The first kappa shape index (κ1) is 8.12. The van der Waals surface area contributed by atoms with Crippen molar-refractivity contribution >= 4 is 21.6 Å². The monoisotopic (exact) mass is 197 g/mol. The number of hydrogen-bond acceptors (Lipinski definition) is 5. The second kappa shape index (κ2) is 2.50. The topological polar surface area (TPSA) is 73.6 Å². The molecule has 68 valence electrons. The fourth-order valence-electron chi connectivity index (χ4n) is 1.14. The number of phenols is 3. The molecule has 1 heterocycles. The largest absolute Gasteiger partial charge is 0.504 e. The molecule has 2 rings (SSSR count). The highest BCUT2D eigenvalue weighted by Crippen LogP contribution is 2.42. The second-order valence-electron chi connectivity index (χ2n) is 2.67. The Hall–Kier alpha value is -1.49. The zero-order chi connectivity index (χ0) is 9.59. The molecule has 0 unspecified atom stereocenters. The summed E-state index contributed by atoms with van der Waals surface area (Å²) in [4.78, 5) is 4.01. The van der Waals surface area contributed by atoms with E-state index in [-0.39, 0.29) is 11.5 Å². The van der Waals surface area contributed by atoms with E-state index in [2.05, 4.69) is 4.98 Å². The lowest BCUT2D eigenvalue weighted by Crippen LogP contribution is -1.74. The number of nitrogens with zero attached hydrogens (tertiary/aromatic N) is 1. The second-order valence-corrected chi connectivity index (χ2v) is 3.91. The maximum atomic E-state index is 9.39. The predicted octanol–water partition coefficient (Wildman–Crippen LogP) is 1.72. The van der Waals surface area contributed by atoms with Gasteiger partial charge in [0.25, 0.3) is 0 Å². The first-order chi connectivity index (χ1) is 6.09. The van der Waals surface area contributed by atoms with E-state index in [1.807, 2.05) is 0 Å². The highest BCUT2D eigenvalue weighted by molar-refractivity contribution is 7.18. The minimum absolute atomic E-state index is 0.325. The molecule has 3 N–H and O–H groups in total. The van der Waals surface area contributed by atoms with Crippen molar-refractivity contribution in [3.05, 3.63) is 11.1 Å². The molecule has 0 aliphatic rings. The lowest BCUT2D eigenvalue weighted by atomic mass is 10.2. The van der Waals surface area contributed by atoms with Gasteiger partial charge in [-0.15, -0.1) is 11.3 Å². The van der Waals surface area contributed by atoms with Crippen LogP contribution in [0, 0.1) is 6.92 Å². The van der Waals surface area contributed by atoms with Crippen LogP contribution in [-0.2, 0) is 0 Å². The molecule has 5 heteroatoms. The molecule has 1 aromatic heterocycles. The molecule has 0 aliphatic heterocycles. The Kier molecular flexibility index (Phi) is 1.56. The minimum atomic E-state index is -0.516. The zero-order valence-electron chi connectivity index (χ0n) is 6.77. The summed E-state index contributed by atoms with van der Waals surface area (Å²) in [7, 11) is 0. The van der Waals surface area contributed by atoms with Crippen LogP contribution in [0.1, 0.15) is 5.01 Å². The summed E-state index contributed by atoms with van der Waals surface area (Å²) in [6, 6.07) is 1.38. The molecule has 0 fully saturated rings. The fraction of sp³-hybridized carbons (Fsp3) is 0.125. The normalized spacial score (nSPS) is 10.8. The number of aromatic nitrogens is 1. The molecule has 13 heavy (non-hydrogen) atoms. The van der Waals surface area contributed by atoms with Crippen molar-refractivity contribution < 1.29 is 15.3 Å². The molecule has 0 spiro atoms. The fourth-order valence-corrected chi connectivity index (χ4v) is 2.00. The number of thiazole rings is 1. The third kappa shape index (κ3) is 1.08. The Labute approximate surface area is 77.7 Å². The van der Waals surface area contributed by atoms with E-state index in [1.54, 1.807) is 6.92 Å². The van der Waals surface area contributed by atoms with Crippen molar-refractivity contribution in [2.45, 2.75) is 6.92 Å². The van der Waals surface area contributed by atoms with E-state index in [1.165, 1.54) is 17.4 Å². The van der Waals surface area contributed by atoms with Gasteiger partial charge < -0.3 is 15.3 Å². The molecule has 2 aromatic rings. The Balaban J connectivity index is 2.92. The maximum absolute atomic E-state index is 9.39. The van der Waals surface area contributed by atoms with Crippen molar-refractivity contribution in [3.8, 4) is 17.2 Å². The molecule has 4 nitrogen and oxygen atoms in total. The summed E-state index contributed by atoms with van der Waals surface area (Å²) >= 11 is 1.35. The molecule has 0 radical (unpaired) electrons. The van der Waals surface area contributed by atoms with Crippen LogP contribution >= 0.6 is 11.3 Å². The maximum Gasteiger partial charge on any atom is 0.202 e. The van der Waals surface area contributed by atoms with Crippen LogP contribution in [-0.4, -0.2) is 20.3 Å². The number of phenolic OH excluding ortho intramolecular Hbond substituents is 3. The number of fused-ring (bicyclic) bond motifs is 1. The smallest absolute Gasteiger partial charge is 0.202 e. The molecule has 0 atom stereocenters. The standard InChI is InChI=1S/C8H7NO3S/c1-3-9-6-5(13-3)2-4(10)7(11)8(6)12/h2,10-12H,1H3. The first-order valence-corrected chi connectivity index (χ1v) is 4.42. The van der Waals surface area contributed by atoms with Crippen LogP contribution in [0.15, 0.2) is 6.07 Å². The Bertz CT molecular complexity index is 478. The molecule has 1 aromatic carbocycles. The number of aromatic hydroxyl groups is 3. The van der Waals surface area contributed by atoms with Crippen LogP contribution in [0.2, 0.25) is 0 Å². The van der Waals surface area contributed by atoms with Crippen LogP contribution in [0.5, 0.6) is 17.2 Å². The van der Waals surface area contributed by atoms with Gasteiger partial charge >= 0.3 is 0 Å². The van der Waals surface area contributed by atoms with Gasteiger partial charge in [-0.1, -0.05) is 0 Å². The first-order valence-electron chi connectivity index (χ1n) is 3.60. The van der Waals surface area contributed by atoms with Crippen molar-refractivity contribution in [3.63, 3.8) is 0 Å². The van der Waals surface area contributed by atoms with Gasteiger partial charge in [0.05, 0.1) is 9.71 Å². The van der Waals surface area contributed by atoms with E-state index < -0.39 is 5.75 Å². The molecule has 0 amide bonds. The summed E-state index contributed by atoms with van der Waals surface area (Å²) in [5.74, 6) is -1.20. The highest BCUT2D eigenvalue weighted by Gasteiger charge is 2.13. The van der Waals surface area contributed by atoms with Crippen molar-refractivity contribution in [2.75, 3.05) is 0 Å². The summed E-state index contributed by atoms with van der Waals surface area (Å²) in [6.07, 6.45) is 0. The van der Waals surface area contributed by atoms with E-state index in [0.29, 0.717) is 10.2 Å². The predicted molar refractivity (Wildman–Crippen MR) is 49.4 cm³/mol. The van der Waals surface area contributed by atoms with E-state index in [4.69, 9.17) is 0 Å². The SMILES string of the molecule is Cc1nc2c(O)c(O)c(O)cc2s1. The molecule has 0 saturated heterocycles. The van der Waals surface area contributed by atoms with Gasteiger partial charge in [-0.25, -0.2) is 4.98 Å². The van der Waals surface area contributed by atoms with Crippen LogP contribution in [0.4, 0.5) is 0 Å².